The number of benzene rings is 1. The van der Waals surface area contributed by atoms with Crippen LogP contribution in [0.2, 0.25) is 0 Å². The molecule has 2 fully saturated rings. The monoisotopic (exact) mass is 347 g/mol. The zero-order valence-electron chi connectivity index (χ0n) is 14.6. The molecule has 1 aromatic rings. The van der Waals surface area contributed by atoms with E-state index in [4.69, 9.17) is 0 Å². The van der Waals surface area contributed by atoms with Crippen molar-refractivity contribution >= 4 is 11.7 Å². The largest absolute Gasteiger partial charge is 0.545 e. The van der Waals surface area contributed by atoms with Gasteiger partial charge < -0.3 is 15.2 Å². The van der Waals surface area contributed by atoms with Gasteiger partial charge in [-0.3, -0.25) is 10.1 Å². The average molecular weight is 347 g/mol. The molecular formula is C19H27N2O4-. The van der Waals surface area contributed by atoms with E-state index in [-0.39, 0.29) is 0 Å². The first-order chi connectivity index (χ1) is 12.1. The fourth-order valence-electron chi connectivity index (χ4n) is 3.68. The van der Waals surface area contributed by atoms with E-state index < -0.39 is 22.1 Å². The van der Waals surface area contributed by atoms with Gasteiger partial charge in [-0.25, -0.2) is 0 Å². The number of nitro benzene ring substituents is 1. The van der Waals surface area contributed by atoms with Gasteiger partial charge in [0.1, 0.15) is 0 Å². The third-order valence-corrected chi connectivity index (χ3v) is 5.00. The first-order valence-electron chi connectivity index (χ1n) is 9.28. The standard InChI is InChI=1S/C12H23N.C7H5NO4/c1-3-7-11(8-4-1)13-12-9-5-2-6-10-12;9-7(10)5-3-1-2-4-6(5)8(11)12/h11-13H,1-10H2;1-4H,(H,9,10)/p-1. The van der Waals surface area contributed by atoms with Gasteiger partial charge in [-0.2, -0.15) is 0 Å². The number of rotatable bonds is 4. The van der Waals surface area contributed by atoms with Gasteiger partial charge in [0.15, 0.2) is 0 Å². The molecule has 0 aromatic heterocycles. The van der Waals surface area contributed by atoms with Crippen LogP contribution in [0.25, 0.3) is 0 Å². The molecule has 138 valence electrons. The number of carboxylic acids is 1. The lowest BCUT2D eigenvalue weighted by Gasteiger charge is -2.30. The summed E-state index contributed by atoms with van der Waals surface area (Å²) in [4.78, 5) is 19.8. The highest BCUT2D eigenvalue weighted by Crippen LogP contribution is 2.22. The third-order valence-electron chi connectivity index (χ3n) is 5.00. The summed E-state index contributed by atoms with van der Waals surface area (Å²) in [6.07, 6.45) is 14.6. The van der Waals surface area contributed by atoms with Crippen LogP contribution in [0.3, 0.4) is 0 Å². The summed E-state index contributed by atoms with van der Waals surface area (Å²) in [5.74, 6) is -1.54. The molecule has 0 heterocycles. The first-order valence-corrected chi connectivity index (χ1v) is 9.28. The Morgan fingerprint density at radius 3 is 1.80 bits per heavy atom. The van der Waals surface area contributed by atoms with Crippen LogP contribution in [0.5, 0.6) is 0 Å². The minimum absolute atomic E-state index is 0.400. The average Bonchev–Trinajstić information content (AvgIpc) is 2.64. The minimum Gasteiger partial charge on any atom is -0.545 e. The molecule has 0 saturated heterocycles. The van der Waals surface area contributed by atoms with Gasteiger partial charge >= 0.3 is 0 Å². The highest BCUT2D eigenvalue weighted by atomic mass is 16.6. The lowest BCUT2D eigenvalue weighted by atomic mass is 9.91. The molecule has 0 amide bonds. The quantitative estimate of drug-likeness (QED) is 0.666. The number of nitrogens with one attached hydrogen (secondary N) is 1. The van der Waals surface area contributed by atoms with Crippen LogP contribution < -0.4 is 10.4 Å². The maximum atomic E-state index is 10.3. The van der Waals surface area contributed by atoms with E-state index in [1.165, 1.54) is 76.3 Å². The van der Waals surface area contributed by atoms with Crippen molar-refractivity contribution in [3.05, 3.63) is 39.9 Å². The second-order valence-electron chi connectivity index (χ2n) is 6.90. The molecule has 1 aromatic carbocycles. The van der Waals surface area contributed by atoms with Gasteiger partial charge in [0.05, 0.1) is 16.5 Å². The summed E-state index contributed by atoms with van der Waals surface area (Å²) in [5, 5.41) is 24.4. The van der Waals surface area contributed by atoms with Crippen molar-refractivity contribution in [1.82, 2.24) is 5.32 Å². The van der Waals surface area contributed by atoms with Crippen molar-refractivity contribution in [1.29, 1.82) is 0 Å². The van der Waals surface area contributed by atoms with Crippen molar-refractivity contribution in [3.8, 4) is 0 Å². The Bertz CT molecular complexity index is 515. The molecule has 6 nitrogen and oxygen atoms in total. The first kappa shape index (κ1) is 19.4. The summed E-state index contributed by atoms with van der Waals surface area (Å²) in [5.41, 5.74) is -0.847. The van der Waals surface area contributed by atoms with E-state index in [0.717, 1.165) is 24.2 Å². The Labute approximate surface area is 148 Å². The van der Waals surface area contributed by atoms with Crippen molar-refractivity contribution < 1.29 is 14.8 Å². The summed E-state index contributed by atoms with van der Waals surface area (Å²) < 4.78 is 0. The smallest absolute Gasteiger partial charge is 0.278 e. The number of para-hydroxylation sites is 1. The molecule has 2 aliphatic carbocycles. The van der Waals surface area contributed by atoms with Gasteiger partial charge in [-0.15, -0.1) is 0 Å². The topological polar surface area (TPSA) is 95.3 Å². The number of nitrogens with zero attached hydrogens (tertiary/aromatic N) is 1. The highest BCUT2D eigenvalue weighted by Gasteiger charge is 2.19. The zero-order chi connectivity index (χ0) is 18.1. The van der Waals surface area contributed by atoms with E-state index in [0.29, 0.717) is 0 Å². The molecule has 6 heteroatoms. The van der Waals surface area contributed by atoms with Crippen LogP contribution in [0.4, 0.5) is 5.69 Å². The predicted molar refractivity (Wildman–Crippen MR) is 94.3 cm³/mol. The summed E-state index contributed by atoms with van der Waals surface area (Å²) in [6, 6.07) is 6.79. The Hall–Kier alpha value is -1.95. The molecule has 3 rings (SSSR count). The number of nitro groups is 1. The van der Waals surface area contributed by atoms with Crippen LogP contribution in [-0.2, 0) is 0 Å². The molecule has 0 atom stereocenters. The number of hydrogen-bond donors (Lipinski definition) is 1. The number of carbonyl (C=O) groups excluding carboxylic acids is 1. The Morgan fingerprint density at radius 2 is 1.40 bits per heavy atom. The SMILES string of the molecule is C1CCC(NC2CCCCC2)CC1.O=C([O-])c1ccccc1[N+](=O)[O-]. The van der Waals surface area contributed by atoms with Crippen LogP contribution in [0, 0.1) is 10.1 Å². The maximum Gasteiger partial charge on any atom is 0.278 e. The van der Waals surface area contributed by atoms with Gasteiger partial charge in [-0.1, -0.05) is 50.7 Å². The van der Waals surface area contributed by atoms with Crippen LogP contribution >= 0.6 is 0 Å². The fraction of sp³-hybridized carbons (Fsp3) is 0.632. The molecule has 0 aliphatic heterocycles. The third kappa shape index (κ3) is 6.46. The predicted octanol–water partition coefficient (Wildman–Crippen LogP) is 3.20. The molecule has 0 unspecified atom stereocenters. The van der Waals surface area contributed by atoms with E-state index >= 15 is 0 Å². The molecule has 0 spiro atoms. The van der Waals surface area contributed by atoms with E-state index in [1.807, 2.05) is 0 Å². The van der Waals surface area contributed by atoms with Crippen molar-refractivity contribution in [2.75, 3.05) is 0 Å². The second kappa shape index (κ2) is 10.1. The van der Waals surface area contributed by atoms with Crippen molar-refractivity contribution in [2.24, 2.45) is 0 Å². The van der Waals surface area contributed by atoms with Crippen molar-refractivity contribution in [2.45, 2.75) is 76.3 Å². The lowest BCUT2D eigenvalue weighted by molar-refractivity contribution is -0.385. The molecule has 2 aliphatic rings. The summed E-state index contributed by atoms with van der Waals surface area (Å²) in [6.45, 7) is 0. The van der Waals surface area contributed by atoms with Gasteiger partial charge in [-0.05, 0) is 31.7 Å². The summed E-state index contributed by atoms with van der Waals surface area (Å²) in [7, 11) is 0. The maximum absolute atomic E-state index is 10.3. The lowest BCUT2D eigenvalue weighted by Crippen LogP contribution is -2.40. The van der Waals surface area contributed by atoms with Gasteiger partial charge in [0.25, 0.3) is 5.69 Å². The molecule has 2 saturated carbocycles. The second-order valence-corrected chi connectivity index (χ2v) is 6.90. The molecule has 0 radical (unpaired) electrons. The number of carboxylic acid groups (broad SMARTS) is 1. The van der Waals surface area contributed by atoms with E-state index in [9.17, 15) is 20.0 Å². The highest BCUT2D eigenvalue weighted by molar-refractivity contribution is 5.90. The van der Waals surface area contributed by atoms with Gasteiger partial charge in [0, 0.05) is 18.2 Å². The van der Waals surface area contributed by atoms with Crippen LogP contribution in [0.15, 0.2) is 24.3 Å². The summed E-state index contributed by atoms with van der Waals surface area (Å²) >= 11 is 0. The normalized spacial score (nSPS) is 18.9. The van der Waals surface area contributed by atoms with E-state index in [2.05, 4.69) is 5.32 Å². The minimum atomic E-state index is -1.54. The Kier molecular flexibility index (Phi) is 7.85. The molecular weight excluding hydrogens is 320 g/mol. The van der Waals surface area contributed by atoms with Crippen LogP contribution in [0.1, 0.15) is 74.6 Å². The van der Waals surface area contributed by atoms with E-state index in [1.54, 1.807) is 0 Å². The molecule has 1 N–H and O–H groups in total. The zero-order valence-corrected chi connectivity index (χ0v) is 14.6. The number of aromatic carboxylic acids is 1. The molecule has 25 heavy (non-hydrogen) atoms. The number of carbonyl (C=O) groups is 1. The van der Waals surface area contributed by atoms with Crippen molar-refractivity contribution in [3.63, 3.8) is 0 Å². The fourth-order valence-corrected chi connectivity index (χ4v) is 3.68. The number of hydrogen-bond acceptors (Lipinski definition) is 5. The van der Waals surface area contributed by atoms with Gasteiger partial charge in [0.2, 0.25) is 0 Å². The Balaban J connectivity index is 0.000000181. The van der Waals surface area contributed by atoms with Crippen LogP contribution in [-0.4, -0.2) is 23.0 Å². The Morgan fingerprint density at radius 1 is 0.920 bits per heavy atom. The molecule has 0 bridgehead atoms.